The fourth-order valence-electron chi connectivity index (χ4n) is 4.11. The van der Waals surface area contributed by atoms with Crippen molar-refractivity contribution in [2.24, 2.45) is 0 Å². The van der Waals surface area contributed by atoms with Crippen molar-refractivity contribution in [3.8, 4) is 5.75 Å². The molecule has 1 heterocycles. The number of rotatable bonds is 6. The normalized spacial score (nSPS) is 14.2. The molecule has 0 saturated carbocycles. The Balaban J connectivity index is 0.00000272. The molecule has 1 fully saturated rings. The second-order valence-electron chi connectivity index (χ2n) is 7.51. The monoisotopic (exact) mass is 436 g/mol. The fourth-order valence-corrected chi connectivity index (χ4v) is 4.11. The molecule has 1 aliphatic rings. The van der Waals surface area contributed by atoms with E-state index in [1.807, 2.05) is 36.1 Å². The number of amides is 1. The minimum Gasteiger partial charge on any atom is -0.494 e. The molecule has 3 aromatic rings. The molecule has 4 rings (SSSR count). The molecule has 3 aromatic carbocycles. The zero-order valence-corrected chi connectivity index (χ0v) is 18.6. The number of piperazine rings is 1. The van der Waals surface area contributed by atoms with Crippen molar-refractivity contribution in [3.63, 3.8) is 0 Å². The summed E-state index contributed by atoms with van der Waals surface area (Å²) >= 11 is 0. The van der Waals surface area contributed by atoms with Crippen molar-refractivity contribution < 1.29 is 9.53 Å². The van der Waals surface area contributed by atoms with Crippen LogP contribution in [0, 0.1) is 0 Å². The van der Waals surface area contributed by atoms with E-state index in [1.165, 1.54) is 11.1 Å². The number of carbonyl (C=O) groups is 1. The maximum absolute atomic E-state index is 13.0. The summed E-state index contributed by atoms with van der Waals surface area (Å²) in [5, 5.41) is 0. The van der Waals surface area contributed by atoms with E-state index in [2.05, 4.69) is 65.6 Å². The summed E-state index contributed by atoms with van der Waals surface area (Å²) in [6, 6.07) is 28.9. The lowest BCUT2D eigenvalue weighted by Gasteiger charge is -2.39. The highest BCUT2D eigenvalue weighted by Crippen LogP contribution is 2.29. The zero-order chi connectivity index (χ0) is 20.8. The average Bonchev–Trinajstić information content (AvgIpc) is 2.81. The maximum Gasteiger partial charge on any atom is 0.253 e. The fraction of sp³-hybridized carbons (Fsp3) is 0.269. The van der Waals surface area contributed by atoms with Crippen LogP contribution >= 0.6 is 12.4 Å². The van der Waals surface area contributed by atoms with Crippen molar-refractivity contribution in [2.75, 3.05) is 32.8 Å². The average molecular weight is 437 g/mol. The van der Waals surface area contributed by atoms with Crippen molar-refractivity contribution in [3.05, 3.63) is 102 Å². The van der Waals surface area contributed by atoms with Gasteiger partial charge in [0.1, 0.15) is 5.75 Å². The van der Waals surface area contributed by atoms with Gasteiger partial charge in [-0.2, -0.15) is 0 Å². The molecule has 162 valence electrons. The van der Waals surface area contributed by atoms with Gasteiger partial charge in [-0.1, -0.05) is 60.7 Å². The van der Waals surface area contributed by atoms with Crippen LogP contribution in [-0.4, -0.2) is 48.5 Å². The molecule has 0 aromatic heterocycles. The molecule has 0 radical (unpaired) electrons. The van der Waals surface area contributed by atoms with Gasteiger partial charge in [0.05, 0.1) is 12.6 Å². The number of carbonyl (C=O) groups excluding carboxylic acids is 1. The van der Waals surface area contributed by atoms with Gasteiger partial charge in [-0.3, -0.25) is 9.69 Å². The lowest BCUT2D eigenvalue weighted by Crippen LogP contribution is -2.49. The minimum absolute atomic E-state index is 0. The van der Waals surface area contributed by atoms with Crippen LogP contribution in [0.3, 0.4) is 0 Å². The Morgan fingerprint density at radius 1 is 0.806 bits per heavy atom. The zero-order valence-electron chi connectivity index (χ0n) is 17.8. The van der Waals surface area contributed by atoms with Crippen LogP contribution in [0.5, 0.6) is 5.75 Å². The van der Waals surface area contributed by atoms with Gasteiger partial charge in [0.25, 0.3) is 5.91 Å². The van der Waals surface area contributed by atoms with Crippen LogP contribution in [0.2, 0.25) is 0 Å². The second kappa shape index (κ2) is 11.0. The van der Waals surface area contributed by atoms with E-state index in [0.717, 1.165) is 37.5 Å². The van der Waals surface area contributed by atoms with Gasteiger partial charge in [0.15, 0.2) is 0 Å². The third-order valence-corrected chi connectivity index (χ3v) is 5.61. The number of halogens is 1. The maximum atomic E-state index is 13.0. The quantitative estimate of drug-likeness (QED) is 0.541. The highest BCUT2D eigenvalue weighted by atomic mass is 35.5. The van der Waals surface area contributed by atoms with Gasteiger partial charge < -0.3 is 9.64 Å². The highest BCUT2D eigenvalue weighted by Gasteiger charge is 2.28. The minimum atomic E-state index is 0. The highest BCUT2D eigenvalue weighted by molar-refractivity contribution is 5.94. The molecule has 0 aliphatic carbocycles. The third-order valence-electron chi connectivity index (χ3n) is 5.61. The lowest BCUT2D eigenvalue weighted by molar-refractivity contribution is 0.0597. The second-order valence-corrected chi connectivity index (χ2v) is 7.51. The van der Waals surface area contributed by atoms with Gasteiger partial charge in [-0.05, 0) is 42.3 Å². The number of hydrogen-bond acceptors (Lipinski definition) is 3. The Hall–Kier alpha value is -2.82. The Kier molecular flexibility index (Phi) is 8.10. The van der Waals surface area contributed by atoms with Crippen molar-refractivity contribution in [1.29, 1.82) is 0 Å². The molecular formula is C26H29ClN2O2. The first-order valence-corrected chi connectivity index (χ1v) is 10.6. The van der Waals surface area contributed by atoms with Crippen LogP contribution in [-0.2, 0) is 0 Å². The first kappa shape index (κ1) is 22.9. The van der Waals surface area contributed by atoms with E-state index in [1.54, 1.807) is 0 Å². The molecule has 31 heavy (non-hydrogen) atoms. The van der Waals surface area contributed by atoms with Crippen LogP contribution in [0.1, 0.15) is 34.5 Å². The Bertz CT molecular complexity index is 901. The standard InChI is InChI=1S/C26H28N2O2.ClH/c1-2-30-24-15-13-23(14-16-24)26(29)28-19-17-27(18-20-28)25(21-9-5-3-6-10-21)22-11-7-4-8-12-22;/h3-16,25H,2,17-20H2,1H3;1H. The first-order valence-electron chi connectivity index (χ1n) is 10.6. The molecule has 1 aliphatic heterocycles. The van der Waals surface area contributed by atoms with E-state index in [0.29, 0.717) is 6.61 Å². The van der Waals surface area contributed by atoms with Gasteiger partial charge >= 0.3 is 0 Å². The molecule has 0 unspecified atom stereocenters. The van der Waals surface area contributed by atoms with E-state index in [4.69, 9.17) is 4.74 Å². The Morgan fingerprint density at radius 3 is 1.81 bits per heavy atom. The van der Waals surface area contributed by atoms with Crippen LogP contribution in [0.4, 0.5) is 0 Å². The Morgan fingerprint density at radius 2 is 1.32 bits per heavy atom. The van der Waals surface area contributed by atoms with Crippen molar-refractivity contribution in [1.82, 2.24) is 9.80 Å². The molecule has 0 atom stereocenters. The molecule has 1 saturated heterocycles. The van der Waals surface area contributed by atoms with Crippen LogP contribution in [0.25, 0.3) is 0 Å². The van der Waals surface area contributed by atoms with Gasteiger partial charge in [-0.25, -0.2) is 0 Å². The van der Waals surface area contributed by atoms with Crippen LogP contribution < -0.4 is 4.74 Å². The summed E-state index contributed by atoms with van der Waals surface area (Å²) in [6.07, 6.45) is 0. The molecule has 0 N–H and O–H groups in total. The summed E-state index contributed by atoms with van der Waals surface area (Å²) in [5.41, 5.74) is 3.29. The largest absolute Gasteiger partial charge is 0.494 e. The van der Waals surface area contributed by atoms with E-state index < -0.39 is 0 Å². The van der Waals surface area contributed by atoms with E-state index in [-0.39, 0.29) is 24.4 Å². The lowest BCUT2D eigenvalue weighted by atomic mass is 9.96. The Labute approximate surface area is 190 Å². The SMILES string of the molecule is CCOc1ccc(C(=O)N2CCN(C(c3ccccc3)c3ccccc3)CC2)cc1.Cl. The summed E-state index contributed by atoms with van der Waals surface area (Å²) in [5.74, 6) is 0.890. The van der Waals surface area contributed by atoms with Crippen molar-refractivity contribution >= 4 is 18.3 Å². The summed E-state index contributed by atoms with van der Waals surface area (Å²) < 4.78 is 5.48. The number of nitrogens with zero attached hydrogens (tertiary/aromatic N) is 2. The summed E-state index contributed by atoms with van der Waals surface area (Å²) in [7, 11) is 0. The van der Waals surface area contributed by atoms with Gasteiger partial charge in [0.2, 0.25) is 0 Å². The van der Waals surface area contributed by atoms with Gasteiger partial charge in [0, 0.05) is 31.7 Å². The smallest absolute Gasteiger partial charge is 0.253 e. The third kappa shape index (κ3) is 5.46. The molecule has 0 bridgehead atoms. The van der Waals surface area contributed by atoms with E-state index >= 15 is 0 Å². The molecule has 4 nitrogen and oxygen atoms in total. The van der Waals surface area contributed by atoms with Crippen molar-refractivity contribution in [2.45, 2.75) is 13.0 Å². The topological polar surface area (TPSA) is 32.8 Å². The summed E-state index contributed by atoms with van der Waals surface area (Å²) in [4.78, 5) is 17.4. The molecular weight excluding hydrogens is 408 g/mol. The molecule has 5 heteroatoms. The number of benzene rings is 3. The first-order chi connectivity index (χ1) is 14.8. The van der Waals surface area contributed by atoms with Crippen LogP contribution in [0.15, 0.2) is 84.9 Å². The summed E-state index contributed by atoms with van der Waals surface area (Å²) in [6.45, 7) is 5.72. The van der Waals surface area contributed by atoms with E-state index in [9.17, 15) is 4.79 Å². The number of hydrogen-bond donors (Lipinski definition) is 0. The molecule has 1 amide bonds. The molecule has 0 spiro atoms. The van der Waals surface area contributed by atoms with Gasteiger partial charge in [-0.15, -0.1) is 12.4 Å². The predicted octanol–water partition coefficient (Wildman–Crippen LogP) is 5.05. The predicted molar refractivity (Wildman–Crippen MR) is 127 cm³/mol. The number of ether oxygens (including phenoxy) is 1.